The number of allylic oxidation sites excluding steroid dienone is 1. The zero-order chi connectivity index (χ0) is 25.9. The summed E-state index contributed by atoms with van der Waals surface area (Å²) in [7, 11) is 0. The van der Waals surface area contributed by atoms with Gasteiger partial charge in [-0.1, -0.05) is 39.3 Å². The molecule has 1 aliphatic heterocycles. The van der Waals surface area contributed by atoms with Crippen molar-refractivity contribution in [3.63, 3.8) is 0 Å². The van der Waals surface area contributed by atoms with Crippen LogP contribution >= 0.6 is 0 Å². The second kappa shape index (κ2) is 7.92. The first-order valence-electron chi connectivity index (χ1n) is 15.0. The van der Waals surface area contributed by atoms with Gasteiger partial charge < -0.3 is 14.6 Å². The first kappa shape index (κ1) is 25.6. The van der Waals surface area contributed by atoms with Gasteiger partial charge in [0.1, 0.15) is 11.9 Å². The van der Waals surface area contributed by atoms with Crippen molar-refractivity contribution in [2.75, 3.05) is 6.61 Å². The van der Waals surface area contributed by atoms with Crippen molar-refractivity contribution in [1.29, 1.82) is 0 Å². The average molecular weight is 499 g/mol. The molecule has 2 spiro atoms. The Morgan fingerprint density at radius 3 is 2.39 bits per heavy atom. The van der Waals surface area contributed by atoms with Crippen LogP contribution in [0.3, 0.4) is 0 Å². The lowest BCUT2D eigenvalue weighted by atomic mass is 9.42. The molecule has 0 aromatic rings. The molecule has 6 rings (SSSR count). The molecule has 0 unspecified atom stereocenters. The van der Waals surface area contributed by atoms with Gasteiger partial charge in [0.05, 0.1) is 6.10 Å². The van der Waals surface area contributed by atoms with Crippen molar-refractivity contribution in [2.24, 2.45) is 50.7 Å². The van der Waals surface area contributed by atoms with Crippen LogP contribution in [0.1, 0.15) is 106 Å². The van der Waals surface area contributed by atoms with Gasteiger partial charge >= 0.3 is 0 Å². The highest BCUT2D eigenvalue weighted by Crippen LogP contribution is 2.89. The molecule has 1 heterocycles. The lowest BCUT2D eigenvalue weighted by Gasteiger charge is -2.62. The molecule has 36 heavy (non-hydrogen) atoms. The van der Waals surface area contributed by atoms with E-state index < -0.39 is 6.10 Å². The number of rotatable bonds is 4. The standard InChI is InChI=1S/C32H50O4/c1-8-35-27-25(26(34)21(36-27)17-19(2)3)20-11-13-30(7)23-10-9-22-28(4,5)24(33)12-14-31(22)18-32(23,31)16-15-29(20,30)6/h17,20-23,25-27,34H,8-16,18H2,1-7H3/t20-,21+,22-,23+,25+,26-,27+,29-,30+,31-,32+/m1/s1. The van der Waals surface area contributed by atoms with Crippen LogP contribution in [-0.4, -0.2) is 36.0 Å². The largest absolute Gasteiger partial charge is 0.390 e. The smallest absolute Gasteiger partial charge is 0.164 e. The van der Waals surface area contributed by atoms with Gasteiger partial charge in [0.2, 0.25) is 0 Å². The maximum atomic E-state index is 12.9. The summed E-state index contributed by atoms with van der Waals surface area (Å²) in [5.41, 5.74) is 2.36. The van der Waals surface area contributed by atoms with E-state index in [-0.39, 0.29) is 34.6 Å². The number of hydrogen-bond donors (Lipinski definition) is 1. The fraction of sp³-hybridized carbons (Fsp3) is 0.906. The molecular weight excluding hydrogens is 448 g/mol. The van der Waals surface area contributed by atoms with Gasteiger partial charge in [-0.05, 0) is 112 Å². The first-order valence-corrected chi connectivity index (χ1v) is 15.0. The molecule has 0 radical (unpaired) electrons. The minimum atomic E-state index is -0.510. The first-order chi connectivity index (χ1) is 16.9. The summed E-state index contributed by atoms with van der Waals surface area (Å²) in [5.74, 6) is 2.27. The molecule has 4 nitrogen and oxygen atoms in total. The Labute approximate surface area is 219 Å². The van der Waals surface area contributed by atoms with Crippen LogP contribution in [0.15, 0.2) is 11.6 Å². The van der Waals surface area contributed by atoms with E-state index in [9.17, 15) is 9.90 Å². The molecule has 6 fully saturated rings. The highest BCUT2D eigenvalue weighted by atomic mass is 16.7. The van der Waals surface area contributed by atoms with Gasteiger partial charge in [-0.2, -0.15) is 0 Å². The van der Waals surface area contributed by atoms with E-state index >= 15 is 0 Å². The van der Waals surface area contributed by atoms with Gasteiger partial charge in [-0.25, -0.2) is 0 Å². The van der Waals surface area contributed by atoms with E-state index in [1.165, 1.54) is 44.1 Å². The predicted octanol–water partition coefficient (Wildman–Crippen LogP) is 6.70. The zero-order valence-electron chi connectivity index (χ0n) is 23.9. The van der Waals surface area contributed by atoms with Crippen molar-refractivity contribution in [3.05, 3.63) is 11.6 Å². The summed E-state index contributed by atoms with van der Waals surface area (Å²) in [6, 6.07) is 0. The number of fused-ring (bicyclic) bond motifs is 2. The average Bonchev–Trinajstić information content (AvgIpc) is 3.29. The Balaban J connectivity index is 1.32. The van der Waals surface area contributed by atoms with Gasteiger partial charge in [-0.3, -0.25) is 4.79 Å². The topological polar surface area (TPSA) is 55.8 Å². The van der Waals surface area contributed by atoms with Crippen molar-refractivity contribution in [2.45, 2.75) is 125 Å². The van der Waals surface area contributed by atoms with E-state index in [2.05, 4.69) is 47.6 Å². The van der Waals surface area contributed by atoms with Gasteiger partial charge in [0.25, 0.3) is 0 Å². The Morgan fingerprint density at radius 1 is 1.00 bits per heavy atom. The van der Waals surface area contributed by atoms with Crippen molar-refractivity contribution in [1.82, 2.24) is 0 Å². The summed E-state index contributed by atoms with van der Waals surface area (Å²) in [6.07, 6.45) is 11.7. The quantitative estimate of drug-likeness (QED) is 0.438. The lowest BCUT2D eigenvalue weighted by molar-refractivity contribution is -0.177. The van der Waals surface area contributed by atoms with Crippen LogP contribution in [0.25, 0.3) is 0 Å². The second-order valence-electron chi connectivity index (χ2n) is 15.0. The SMILES string of the molecule is CCO[C@H]1O[C@@H](C=C(C)C)[C@@H](O)[C@@H]1[C@H]1CC[C@@]2(C)[C@@H]3CC[C@@H]4C(C)(C)C(=O)CC[C@@]45C[C@@]35CC[C@]12C. The van der Waals surface area contributed by atoms with E-state index in [0.29, 0.717) is 35.1 Å². The molecule has 1 saturated heterocycles. The summed E-state index contributed by atoms with van der Waals surface area (Å²) in [4.78, 5) is 12.9. The second-order valence-corrected chi connectivity index (χ2v) is 15.0. The van der Waals surface area contributed by atoms with Crippen LogP contribution in [0.2, 0.25) is 0 Å². The highest BCUT2D eigenvalue weighted by Gasteiger charge is 2.82. The van der Waals surface area contributed by atoms with Crippen molar-refractivity contribution in [3.8, 4) is 0 Å². The number of aliphatic hydroxyl groups excluding tert-OH is 1. The molecule has 0 bridgehead atoms. The minimum absolute atomic E-state index is 0.0298. The predicted molar refractivity (Wildman–Crippen MR) is 141 cm³/mol. The Bertz CT molecular complexity index is 965. The summed E-state index contributed by atoms with van der Waals surface area (Å²) < 4.78 is 12.5. The normalized spacial score (nSPS) is 54.8. The van der Waals surface area contributed by atoms with Gasteiger partial charge in [0.15, 0.2) is 6.29 Å². The molecule has 5 saturated carbocycles. The molecule has 0 amide bonds. The van der Waals surface area contributed by atoms with Crippen LogP contribution in [0.4, 0.5) is 0 Å². The fourth-order valence-electron chi connectivity index (χ4n) is 11.7. The summed E-state index contributed by atoms with van der Waals surface area (Å²) in [5, 5.41) is 11.6. The number of ether oxygens (including phenoxy) is 2. The van der Waals surface area contributed by atoms with Crippen LogP contribution in [-0.2, 0) is 14.3 Å². The fourth-order valence-corrected chi connectivity index (χ4v) is 11.7. The van der Waals surface area contributed by atoms with E-state index in [0.717, 1.165) is 25.2 Å². The number of Topliss-reactive ketones (excluding diaryl/α,β-unsaturated/α-hetero) is 1. The maximum Gasteiger partial charge on any atom is 0.164 e. The van der Waals surface area contributed by atoms with Gasteiger partial charge in [0, 0.05) is 24.4 Å². The molecule has 11 atom stereocenters. The van der Waals surface area contributed by atoms with Gasteiger partial charge in [-0.15, -0.1) is 0 Å². The number of carbonyl (C=O) groups is 1. The van der Waals surface area contributed by atoms with Crippen LogP contribution in [0, 0.1) is 50.7 Å². The minimum Gasteiger partial charge on any atom is -0.390 e. The maximum absolute atomic E-state index is 12.9. The molecule has 0 aromatic carbocycles. The Hall–Kier alpha value is -0.710. The lowest BCUT2D eigenvalue weighted by Crippen LogP contribution is -2.57. The van der Waals surface area contributed by atoms with Crippen LogP contribution in [0.5, 0.6) is 0 Å². The third-order valence-corrected chi connectivity index (χ3v) is 13.6. The number of ketones is 1. The number of aliphatic hydroxyl groups is 1. The van der Waals surface area contributed by atoms with Crippen LogP contribution < -0.4 is 0 Å². The third-order valence-electron chi connectivity index (χ3n) is 13.6. The number of hydrogen-bond acceptors (Lipinski definition) is 4. The Morgan fingerprint density at radius 2 is 1.69 bits per heavy atom. The molecule has 5 aliphatic carbocycles. The van der Waals surface area contributed by atoms with Crippen molar-refractivity contribution < 1.29 is 19.4 Å². The zero-order valence-corrected chi connectivity index (χ0v) is 23.9. The Kier molecular flexibility index (Phi) is 5.62. The monoisotopic (exact) mass is 498 g/mol. The van der Waals surface area contributed by atoms with E-state index in [4.69, 9.17) is 9.47 Å². The number of carbonyl (C=O) groups excluding carboxylic acids is 1. The van der Waals surface area contributed by atoms with E-state index in [1.54, 1.807) is 0 Å². The molecule has 6 aliphatic rings. The summed E-state index contributed by atoms with van der Waals surface area (Å²) >= 11 is 0. The van der Waals surface area contributed by atoms with Crippen molar-refractivity contribution >= 4 is 5.78 Å². The molecule has 1 N–H and O–H groups in total. The molecular formula is C32H50O4. The van der Waals surface area contributed by atoms with E-state index in [1.807, 2.05) is 6.92 Å². The highest BCUT2D eigenvalue weighted by molar-refractivity contribution is 5.86. The molecule has 202 valence electrons. The molecule has 4 heteroatoms. The molecule has 0 aromatic heterocycles. The third kappa shape index (κ3) is 2.96. The summed E-state index contributed by atoms with van der Waals surface area (Å²) in [6.45, 7) is 16.5.